The molecule has 0 saturated heterocycles. The number of rotatable bonds is 1. The number of halogens is 5. The summed E-state index contributed by atoms with van der Waals surface area (Å²) in [5.74, 6) is -0.312. The molecule has 1 aromatic heterocycles. The van der Waals surface area contributed by atoms with Crippen LogP contribution in [0.25, 0.3) is 0 Å². The maximum atomic E-state index is 11.9. The summed E-state index contributed by atoms with van der Waals surface area (Å²) in [5.41, 5.74) is 0.164. The predicted octanol–water partition coefficient (Wildman–Crippen LogP) is 3.81. The molecule has 0 aromatic carbocycles. The van der Waals surface area contributed by atoms with Gasteiger partial charge in [-0.1, -0.05) is 0 Å². The Hall–Kier alpha value is -0.300. The van der Waals surface area contributed by atoms with E-state index < -0.39 is 6.36 Å². The number of nitrogens with zero attached hydrogens (tertiary/aromatic N) is 1. The Balaban J connectivity index is 3.04. The summed E-state index contributed by atoms with van der Waals surface area (Å²) >= 11 is 6.10. The van der Waals surface area contributed by atoms with E-state index in [0.29, 0.717) is 9.08 Å². The van der Waals surface area contributed by atoms with Crippen molar-refractivity contribution in [3.8, 4) is 5.75 Å². The van der Waals surface area contributed by atoms with Gasteiger partial charge in [0.25, 0.3) is 0 Å². The van der Waals surface area contributed by atoms with Crippen molar-refractivity contribution in [3.63, 3.8) is 0 Å². The van der Waals surface area contributed by atoms with Gasteiger partial charge < -0.3 is 4.74 Å². The van der Waals surface area contributed by atoms with Gasteiger partial charge in [0.2, 0.25) is 0 Å². The largest absolute Gasteiger partial charge is 0.573 e. The average Bonchev–Trinajstić information content (AvgIpc) is 1.97. The molecule has 1 aromatic rings. The lowest BCUT2D eigenvalue weighted by molar-refractivity contribution is -0.275. The molecule has 0 fully saturated rings. The van der Waals surface area contributed by atoms with Crippen molar-refractivity contribution in [1.29, 1.82) is 0 Å². The van der Waals surface area contributed by atoms with Gasteiger partial charge in [0.05, 0.1) is 10.2 Å². The van der Waals surface area contributed by atoms with Gasteiger partial charge in [0, 0.05) is 0 Å². The first-order chi connectivity index (χ1) is 6.29. The van der Waals surface area contributed by atoms with Crippen LogP contribution < -0.4 is 4.74 Å². The minimum atomic E-state index is -4.69. The van der Waals surface area contributed by atoms with Gasteiger partial charge in [-0.2, -0.15) is 0 Å². The Morgan fingerprint density at radius 1 is 1.36 bits per heavy atom. The molecule has 0 N–H and O–H groups in total. The van der Waals surface area contributed by atoms with Crippen molar-refractivity contribution in [2.45, 2.75) is 13.3 Å². The first kappa shape index (κ1) is 11.8. The normalized spacial score (nSPS) is 11.6. The zero-order chi connectivity index (χ0) is 10.9. The van der Waals surface area contributed by atoms with E-state index in [0.717, 1.165) is 0 Å². The molecule has 1 rings (SSSR count). The summed E-state index contributed by atoms with van der Waals surface area (Å²) in [7, 11) is 0. The third-order valence-electron chi connectivity index (χ3n) is 1.30. The molecule has 0 saturated carbocycles. The molecular weight excluding hydrogens is 331 g/mol. The van der Waals surface area contributed by atoms with E-state index in [1.165, 1.54) is 13.0 Å². The van der Waals surface area contributed by atoms with E-state index in [2.05, 4.69) is 41.6 Å². The lowest BCUT2D eigenvalue weighted by Crippen LogP contribution is -2.18. The van der Waals surface area contributed by atoms with Crippen LogP contribution >= 0.6 is 31.9 Å². The molecule has 0 aliphatic rings. The molecule has 0 unspecified atom stereocenters. The van der Waals surface area contributed by atoms with E-state index in [1.54, 1.807) is 0 Å². The molecular formula is C7H4Br2F3NO. The fourth-order valence-corrected chi connectivity index (χ4v) is 1.44. The number of aryl methyl sites for hydroxylation is 1. The Kier molecular flexibility index (Phi) is 3.41. The second-order valence-corrected chi connectivity index (χ2v) is 4.00. The van der Waals surface area contributed by atoms with Crippen LogP contribution in [0.3, 0.4) is 0 Å². The first-order valence-corrected chi connectivity index (χ1v) is 4.96. The van der Waals surface area contributed by atoms with Gasteiger partial charge in [-0.05, 0) is 44.8 Å². The Morgan fingerprint density at radius 3 is 2.43 bits per heavy atom. The summed E-state index contributed by atoms with van der Waals surface area (Å²) in [4.78, 5) is 3.80. The SMILES string of the molecule is Cc1nc(Br)c(Br)cc1OC(F)(F)F. The summed E-state index contributed by atoms with van der Waals surface area (Å²) in [5, 5.41) is 0. The van der Waals surface area contributed by atoms with Crippen LogP contribution in [0.1, 0.15) is 5.69 Å². The molecule has 0 spiro atoms. The fraction of sp³-hybridized carbons (Fsp3) is 0.286. The van der Waals surface area contributed by atoms with Gasteiger partial charge >= 0.3 is 6.36 Å². The highest BCUT2D eigenvalue weighted by atomic mass is 79.9. The quantitative estimate of drug-likeness (QED) is 0.728. The van der Waals surface area contributed by atoms with Crippen LogP contribution in [-0.4, -0.2) is 11.3 Å². The van der Waals surface area contributed by atoms with Crippen LogP contribution in [-0.2, 0) is 0 Å². The van der Waals surface area contributed by atoms with Crippen LogP contribution in [0.4, 0.5) is 13.2 Å². The highest BCUT2D eigenvalue weighted by Crippen LogP contribution is 2.31. The van der Waals surface area contributed by atoms with Gasteiger partial charge in [-0.3, -0.25) is 0 Å². The summed E-state index contributed by atoms with van der Waals surface area (Å²) in [6, 6.07) is 1.21. The summed E-state index contributed by atoms with van der Waals surface area (Å²) in [6.45, 7) is 1.43. The number of hydrogen-bond acceptors (Lipinski definition) is 2. The van der Waals surface area contributed by atoms with E-state index in [4.69, 9.17) is 0 Å². The molecule has 0 aliphatic heterocycles. The van der Waals surface area contributed by atoms with Gasteiger partial charge in [-0.25, -0.2) is 4.98 Å². The molecule has 78 valence electrons. The van der Waals surface area contributed by atoms with Crippen LogP contribution in [0.5, 0.6) is 5.75 Å². The zero-order valence-corrected chi connectivity index (χ0v) is 9.99. The molecule has 0 atom stereocenters. The average molecular weight is 335 g/mol. The Bertz CT molecular complexity index is 354. The lowest BCUT2D eigenvalue weighted by Gasteiger charge is -2.11. The molecule has 0 aliphatic carbocycles. The standard InChI is InChI=1S/C7H4Br2F3NO/c1-3-5(14-7(10,11)12)2-4(8)6(9)13-3/h2H,1H3. The molecule has 0 amide bonds. The maximum absolute atomic E-state index is 11.9. The smallest absolute Gasteiger partial charge is 0.404 e. The summed E-state index contributed by atoms with van der Waals surface area (Å²) in [6.07, 6.45) is -4.69. The molecule has 0 radical (unpaired) electrons. The van der Waals surface area contributed by atoms with Gasteiger partial charge in [0.15, 0.2) is 5.75 Å². The highest BCUT2D eigenvalue weighted by molar-refractivity contribution is 9.13. The van der Waals surface area contributed by atoms with Crippen molar-refractivity contribution in [3.05, 3.63) is 20.8 Å². The Morgan fingerprint density at radius 2 is 1.93 bits per heavy atom. The molecule has 7 heteroatoms. The van der Waals surface area contributed by atoms with E-state index in [1.807, 2.05) is 0 Å². The fourth-order valence-electron chi connectivity index (χ4n) is 0.763. The van der Waals surface area contributed by atoms with E-state index in [9.17, 15) is 13.2 Å². The van der Waals surface area contributed by atoms with Crippen molar-refractivity contribution < 1.29 is 17.9 Å². The number of ether oxygens (including phenoxy) is 1. The minimum Gasteiger partial charge on any atom is -0.404 e. The van der Waals surface area contributed by atoms with E-state index in [-0.39, 0.29) is 11.4 Å². The number of alkyl halides is 3. The number of pyridine rings is 1. The molecule has 2 nitrogen and oxygen atoms in total. The molecule has 1 heterocycles. The van der Waals surface area contributed by atoms with Crippen LogP contribution in [0, 0.1) is 6.92 Å². The first-order valence-electron chi connectivity index (χ1n) is 3.38. The van der Waals surface area contributed by atoms with Crippen molar-refractivity contribution in [1.82, 2.24) is 4.98 Å². The van der Waals surface area contributed by atoms with Gasteiger partial charge in [0.1, 0.15) is 4.60 Å². The number of hydrogen-bond donors (Lipinski definition) is 0. The Labute approximate surface area is 94.7 Å². The second-order valence-electron chi connectivity index (χ2n) is 2.39. The lowest BCUT2D eigenvalue weighted by atomic mass is 10.3. The summed E-state index contributed by atoms with van der Waals surface area (Å²) < 4.78 is 40.2. The van der Waals surface area contributed by atoms with Crippen molar-refractivity contribution >= 4 is 31.9 Å². The van der Waals surface area contributed by atoms with Gasteiger partial charge in [-0.15, -0.1) is 13.2 Å². The van der Waals surface area contributed by atoms with Crippen LogP contribution in [0.2, 0.25) is 0 Å². The predicted molar refractivity (Wildman–Crippen MR) is 51.1 cm³/mol. The third-order valence-corrected chi connectivity index (χ3v) is 3.04. The number of aromatic nitrogens is 1. The molecule has 14 heavy (non-hydrogen) atoms. The molecule has 0 bridgehead atoms. The zero-order valence-electron chi connectivity index (χ0n) is 6.82. The second kappa shape index (κ2) is 4.06. The van der Waals surface area contributed by atoms with Crippen LogP contribution in [0.15, 0.2) is 15.1 Å². The van der Waals surface area contributed by atoms with Crippen molar-refractivity contribution in [2.75, 3.05) is 0 Å². The van der Waals surface area contributed by atoms with E-state index >= 15 is 0 Å². The third kappa shape index (κ3) is 3.13. The monoisotopic (exact) mass is 333 g/mol. The topological polar surface area (TPSA) is 22.1 Å². The van der Waals surface area contributed by atoms with Crippen molar-refractivity contribution in [2.24, 2.45) is 0 Å². The highest BCUT2D eigenvalue weighted by Gasteiger charge is 2.32. The minimum absolute atomic E-state index is 0.164. The maximum Gasteiger partial charge on any atom is 0.573 e.